The Morgan fingerprint density at radius 1 is 1.25 bits per heavy atom. The number of benzene rings is 1. The molecule has 0 aliphatic carbocycles. The van der Waals surface area contributed by atoms with Gasteiger partial charge in [-0.3, -0.25) is 19.3 Å². The molecule has 3 amide bonds. The van der Waals surface area contributed by atoms with Crippen molar-refractivity contribution < 1.29 is 14.4 Å². The molecule has 0 saturated heterocycles. The van der Waals surface area contributed by atoms with Crippen molar-refractivity contribution in [2.45, 2.75) is 19.8 Å². The molecule has 0 spiro atoms. The summed E-state index contributed by atoms with van der Waals surface area (Å²) >= 11 is 3.05. The average Bonchev–Trinajstić information content (AvgIpc) is 2.68. The van der Waals surface area contributed by atoms with Crippen molar-refractivity contribution in [3.05, 3.63) is 29.3 Å². The summed E-state index contributed by atoms with van der Waals surface area (Å²) in [7, 11) is 0. The van der Waals surface area contributed by atoms with Gasteiger partial charge < -0.3 is 5.32 Å². The molecular formula is C14H15BrN2O3. The third-order valence-corrected chi connectivity index (χ3v) is 3.62. The minimum atomic E-state index is -0.284. The Morgan fingerprint density at radius 2 is 1.95 bits per heavy atom. The Morgan fingerprint density at radius 3 is 2.60 bits per heavy atom. The van der Waals surface area contributed by atoms with E-state index in [1.807, 2.05) is 6.92 Å². The lowest BCUT2D eigenvalue weighted by Crippen LogP contribution is -2.30. The molecule has 0 unspecified atom stereocenters. The Hall–Kier alpha value is -1.69. The first-order valence-electron chi connectivity index (χ1n) is 6.44. The molecule has 1 aliphatic rings. The van der Waals surface area contributed by atoms with E-state index in [1.54, 1.807) is 18.2 Å². The Kier molecular flexibility index (Phi) is 4.54. The number of carbonyl (C=O) groups excluding carboxylic acids is 3. The van der Waals surface area contributed by atoms with Crippen LogP contribution in [0.15, 0.2) is 18.2 Å². The van der Waals surface area contributed by atoms with Gasteiger partial charge in [-0.15, -0.1) is 0 Å². The van der Waals surface area contributed by atoms with Crippen molar-refractivity contribution in [1.29, 1.82) is 0 Å². The smallest absolute Gasteiger partial charge is 0.261 e. The van der Waals surface area contributed by atoms with E-state index in [9.17, 15) is 14.4 Å². The van der Waals surface area contributed by atoms with Gasteiger partial charge in [-0.05, 0) is 24.6 Å². The minimum Gasteiger partial charge on any atom is -0.325 e. The number of hydrogen-bond donors (Lipinski definition) is 1. The number of nitrogens with one attached hydrogen (secondary N) is 1. The predicted molar refractivity (Wildman–Crippen MR) is 79.1 cm³/mol. The third-order valence-electron chi connectivity index (χ3n) is 3.11. The fourth-order valence-electron chi connectivity index (χ4n) is 2.08. The van der Waals surface area contributed by atoms with Crippen LogP contribution in [0.5, 0.6) is 0 Å². The van der Waals surface area contributed by atoms with E-state index in [2.05, 4.69) is 21.2 Å². The highest BCUT2D eigenvalue weighted by Gasteiger charge is 2.35. The number of nitrogens with zero attached hydrogens (tertiary/aromatic N) is 1. The zero-order valence-electron chi connectivity index (χ0n) is 11.1. The number of fused-ring (bicyclic) bond motifs is 1. The van der Waals surface area contributed by atoms with Crippen molar-refractivity contribution in [1.82, 2.24) is 4.90 Å². The standard InChI is InChI=1S/C14H15BrN2O3/c1-2-3-6-17-13(19)10-5-4-9(16-12(18)8-15)7-11(10)14(17)20/h4-5,7H,2-3,6,8H2,1H3,(H,16,18). The number of anilines is 1. The quantitative estimate of drug-likeness (QED) is 0.662. The first-order chi connectivity index (χ1) is 9.58. The maximum atomic E-state index is 12.2. The fourth-order valence-corrected chi connectivity index (χ4v) is 2.22. The molecule has 0 saturated carbocycles. The van der Waals surface area contributed by atoms with E-state index in [0.717, 1.165) is 12.8 Å². The lowest BCUT2D eigenvalue weighted by molar-refractivity contribution is -0.113. The van der Waals surface area contributed by atoms with Crippen LogP contribution in [0.1, 0.15) is 40.5 Å². The molecule has 0 bridgehead atoms. The van der Waals surface area contributed by atoms with E-state index < -0.39 is 0 Å². The van der Waals surface area contributed by atoms with Gasteiger partial charge in [0.25, 0.3) is 11.8 Å². The highest BCUT2D eigenvalue weighted by atomic mass is 79.9. The number of carbonyl (C=O) groups is 3. The molecule has 1 aromatic carbocycles. The number of halogens is 1. The summed E-state index contributed by atoms with van der Waals surface area (Å²) in [6.07, 6.45) is 1.71. The van der Waals surface area contributed by atoms with E-state index in [-0.39, 0.29) is 23.1 Å². The lowest BCUT2D eigenvalue weighted by Gasteiger charge is -2.12. The highest BCUT2D eigenvalue weighted by molar-refractivity contribution is 9.09. The molecule has 1 heterocycles. The summed E-state index contributed by atoms with van der Waals surface area (Å²) in [5.41, 5.74) is 1.29. The van der Waals surface area contributed by atoms with Crippen molar-refractivity contribution >= 4 is 39.3 Å². The number of imide groups is 1. The summed E-state index contributed by atoms with van der Waals surface area (Å²) in [4.78, 5) is 36.9. The SMILES string of the molecule is CCCCN1C(=O)c2ccc(NC(=O)CBr)cc2C1=O. The summed E-state index contributed by atoms with van der Waals surface area (Å²) in [5, 5.41) is 2.83. The van der Waals surface area contributed by atoms with E-state index >= 15 is 0 Å². The third kappa shape index (κ3) is 2.75. The molecule has 0 radical (unpaired) electrons. The van der Waals surface area contributed by atoms with E-state index in [0.29, 0.717) is 23.4 Å². The van der Waals surface area contributed by atoms with Crippen molar-refractivity contribution in [2.75, 3.05) is 17.2 Å². The molecule has 0 fully saturated rings. The van der Waals surface area contributed by atoms with Gasteiger partial charge in [-0.2, -0.15) is 0 Å². The zero-order valence-corrected chi connectivity index (χ0v) is 12.7. The molecule has 1 N–H and O–H groups in total. The van der Waals surface area contributed by atoms with Crippen LogP contribution < -0.4 is 5.32 Å². The summed E-state index contributed by atoms with van der Waals surface area (Å²) in [6, 6.07) is 4.78. The molecule has 1 aromatic rings. The van der Waals surface area contributed by atoms with Crippen LogP contribution in [0.25, 0.3) is 0 Å². The normalized spacial score (nSPS) is 13.6. The van der Waals surface area contributed by atoms with Gasteiger partial charge in [-0.1, -0.05) is 29.3 Å². The number of amides is 3. The van der Waals surface area contributed by atoms with Crippen LogP contribution in [0.3, 0.4) is 0 Å². The second kappa shape index (κ2) is 6.17. The first-order valence-corrected chi connectivity index (χ1v) is 7.56. The first kappa shape index (κ1) is 14.7. The topological polar surface area (TPSA) is 66.5 Å². The molecule has 1 aliphatic heterocycles. The van der Waals surface area contributed by atoms with Crippen molar-refractivity contribution in [2.24, 2.45) is 0 Å². The molecule has 5 nitrogen and oxygen atoms in total. The Balaban J connectivity index is 2.24. The Labute approximate surface area is 125 Å². The summed E-state index contributed by atoms with van der Waals surface area (Å²) in [5.74, 6) is -0.741. The van der Waals surface area contributed by atoms with Crippen LogP contribution in [-0.4, -0.2) is 34.5 Å². The lowest BCUT2D eigenvalue weighted by atomic mass is 10.1. The molecular weight excluding hydrogens is 324 g/mol. The average molecular weight is 339 g/mol. The van der Waals surface area contributed by atoms with Gasteiger partial charge in [0.05, 0.1) is 16.5 Å². The molecule has 0 atom stereocenters. The van der Waals surface area contributed by atoms with Crippen LogP contribution in [0, 0.1) is 0 Å². The van der Waals surface area contributed by atoms with Crippen LogP contribution in [0.4, 0.5) is 5.69 Å². The second-order valence-corrected chi connectivity index (χ2v) is 5.12. The van der Waals surface area contributed by atoms with Gasteiger partial charge in [0.15, 0.2) is 0 Å². The maximum Gasteiger partial charge on any atom is 0.261 e. The minimum absolute atomic E-state index is 0.180. The second-order valence-electron chi connectivity index (χ2n) is 4.56. The van der Waals surface area contributed by atoms with Crippen molar-refractivity contribution in [3.8, 4) is 0 Å². The van der Waals surface area contributed by atoms with Crippen molar-refractivity contribution in [3.63, 3.8) is 0 Å². The summed E-state index contributed by atoms with van der Waals surface area (Å²) < 4.78 is 0. The van der Waals surface area contributed by atoms with Crippen LogP contribution >= 0.6 is 15.9 Å². The number of rotatable bonds is 5. The van der Waals surface area contributed by atoms with Crippen LogP contribution in [-0.2, 0) is 4.79 Å². The molecule has 2 rings (SSSR count). The zero-order chi connectivity index (χ0) is 14.7. The van der Waals surface area contributed by atoms with Gasteiger partial charge in [0.2, 0.25) is 5.91 Å². The fraction of sp³-hybridized carbons (Fsp3) is 0.357. The molecule has 20 heavy (non-hydrogen) atoms. The van der Waals surface area contributed by atoms with E-state index in [1.165, 1.54) is 4.90 Å². The maximum absolute atomic E-state index is 12.2. The predicted octanol–water partition coefficient (Wildman–Crippen LogP) is 2.42. The number of hydrogen-bond acceptors (Lipinski definition) is 3. The Bertz CT molecular complexity index is 572. The van der Waals surface area contributed by atoms with E-state index in [4.69, 9.17) is 0 Å². The summed E-state index contributed by atoms with van der Waals surface area (Å²) in [6.45, 7) is 2.44. The molecule has 0 aromatic heterocycles. The van der Waals surface area contributed by atoms with Crippen LogP contribution in [0.2, 0.25) is 0 Å². The number of alkyl halides is 1. The monoisotopic (exact) mass is 338 g/mol. The number of unbranched alkanes of at least 4 members (excludes halogenated alkanes) is 1. The van der Waals surface area contributed by atoms with Gasteiger partial charge in [0.1, 0.15) is 0 Å². The molecule has 6 heteroatoms. The highest BCUT2D eigenvalue weighted by Crippen LogP contribution is 2.26. The van der Waals surface area contributed by atoms with Gasteiger partial charge in [-0.25, -0.2) is 0 Å². The van der Waals surface area contributed by atoms with Gasteiger partial charge >= 0.3 is 0 Å². The van der Waals surface area contributed by atoms with Gasteiger partial charge in [0, 0.05) is 12.2 Å². The largest absolute Gasteiger partial charge is 0.325 e. The molecule has 106 valence electrons.